The predicted octanol–water partition coefficient (Wildman–Crippen LogP) is 24.8. The van der Waals surface area contributed by atoms with Gasteiger partial charge in [0.15, 0.2) is 12.2 Å². The fraction of sp³-hybridized carbons (Fsp3) is 0.812. The summed E-state index contributed by atoms with van der Waals surface area (Å²) in [6.07, 6.45) is 80.2. The lowest BCUT2D eigenvalue weighted by atomic mass is 10.0. The highest BCUT2D eigenvalue weighted by atomic mass is 31.2. The first-order valence-electron chi connectivity index (χ1n) is 42.2. The molecule has 5 atom stereocenters. The van der Waals surface area contributed by atoms with E-state index in [1.165, 1.54) is 173 Å². The lowest BCUT2D eigenvalue weighted by Crippen LogP contribution is -2.30. The number of unbranched alkanes of at least 4 members (excludes halogenated alkanes) is 42. The van der Waals surface area contributed by atoms with Gasteiger partial charge in [0.2, 0.25) is 0 Å². The van der Waals surface area contributed by atoms with E-state index in [1.807, 2.05) is 12.2 Å². The van der Waals surface area contributed by atoms with Crippen LogP contribution in [0.3, 0.4) is 0 Å². The Bertz CT molecular complexity index is 2250. The highest BCUT2D eigenvalue weighted by molar-refractivity contribution is 7.47. The smallest absolute Gasteiger partial charge is 0.462 e. The summed E-state index contributed by atoms with van der Waals surface area (Å²) in [6, 6.07) is 0. The molecule has 0 rings (SSSR count). The van der Waals surface area contributed by atoms with Crippen molar-refractivity contribution in [2.75, 3.05) is 39.6 Å². The standard InChI is InChI=1S/C85H154O17P2/c1-5-9-13-17-21-25-29-33-37-39-43-46-50-54-58-62-66-70-83(88)96-76-81(102-85(90)72-68-64-60-56-52-48-44-40-38-34-30-26-22-18-14-10-6-2)78-100-104(93,94)98-74-79(86)73-97-103(91,92)99-77-80(101-84(89)71-67-63-59-55-51-47-42-36-32-28-24-20-16-12-8-4)75-95-82(87)69-65-61-57-53-49-45-41-35-31-27-23-19-15-11-7-3/h21,25,33,35-37,41-43,46,54,58,79-81,86H,5-20,22-24,26-32,34,38-40,44-45,47-53,55-57,59-78H2,1-4H3,(H,91,92)(H,93,94)/b25-21-,37-33-,41-35-,42-36-,46-43-,58-54-/t79-,80-,81-/m1/s1. The second kappa shape index (κ2) is 77.7. The van der Waals surface area contributed by atoms with Crippen molar-refractivity contribution in [3.05, 3.63) is 72.9 Å². The van der Waals surface area contributed by atoms with Crippen molar-refractivity contribution in [1.82, 2.24) is 0 Å². The Kier molecular flexibility index (Phi) is 75.0. The van der Waals surface area contributed by atoms with Gasteiger partial charge in [0, 0.05) is 25.7 Å². The number of aliphatic hydroxyl groups is 1. The average molecular weight is 1510 g/mol. The van der Waals surface area contributed by atoms with E-state index in [1.54, 1.807) is 0 Å². The molecule has 0 heterocycles. The molecule has 19 heteroatoms. The first-order chi connectivity index (χ1) is 50.7. The first kappa shape index (κ1) is 100. The van der Waals surface area contributed by atoms with Crippen LogP contribution in [0.2, 0.25) is 0 Å². The van der Waals surface area contributed by atoms with Crippen LogP contribution in [0.15, 0.2) is 72.9 Å². The molecule has 0 aromatic rings. The minimum Gasteiger partial charge on any atom is -0.462 e. The fourth-order valence-corrected chi connectivity index (χ4v) is 13.3. The van der Waals surface area contributed by atoms with E-state index in [9.17, 15) is 43.2 Å². The van der Waals surface area contributed by atoms with Gasteiger partial charge in [-0.1, -0.05) is 319 Å². The van der Waals surface area contributed by atoms with E-state index in [2.05, 4.69) is 88.5 Å². The van der Waals surface area contributed by atoms with Crippen molar-refractivity contribution in [3.63, 3.8) is 0 Å². The molecule has 2 unspecified atom stereocenters. The molecule has 0 aliphatic heterocycles. The summed E-state index contributed by atoms with van der Waals surface area (Å²) in [4.78, 5) is 73.1. The van der Waals surface area contributed by atoms with Crippen molar-refractivity contribution >= 4 is 39.5 Å². The lowest BCUT2D eigenvalue weighted by molar-refractivity contribution is -0.161. The molecule has 0 aromatic carbocycles. The van der Waals surface area contributed by atoms with Crippen LogP contribution < -0.4 is 0 Å². The molecular weight excluding hydrogens is 1350 g/mol. The number of phosphoric ester groups is 2. The van der Waals surface area contributed by atoms with E-state index in [4.69, 9.17) is 37.0 Å². The van der Waals surface area contributed by atoms with Crippen LogP contribution in [-0.4, -0.2) is 96.7 Å². The van der Waals surface area contributed by atoms with Gasteiger partial charge in [-0.3, -0.25) is 37.3 Å². The number of allylic oxidation sites excluding steroid dienone is 12. The van der Waals surface area contributed by atoms with Crippen molar-refractivity contribution < 1.29 is 80.2 Å². The molecule has 606 valence electrons. The fourth-order valence-electron chi connectivity index (χ4n) is 11.7. The monoisotopic (exact) mass is 1510 g/mol. The summed E-state index contributed by atoms with van der Waals surface area (Å²) >= 11 is 0. The minimum absolute atomic E-state index is 0.0859. The molecule has 3 N–H and O–H groups in total. The molecule has 0 aliphatic rings. The second-order valence-electron chi connectivity index (χ2n) is 28.4. The van der Waals surface area contributed by atoms with Crippen LogP contribution in [-0.2, 0) is 65.4 Å². The largest absolute Gasteiger partial charge is 0.472 e. The third kappa shape index (κ3) is 76.7. The van der Waals surface area contributed by atoms with Gasteiger partial charge in [0.25, 0.3) is 0 Å². The molecule has 104 heavy (non-hydrogen) atoms. The van der Waals surface area contributed by atoms with Crippen LogP contribution in [0.1, 0.15) is 387 Å². The minimum atomic E-state index is -4.99. The zero-order valence-electron chi connectivity index (χ0n) is 66.5. The van der Waals surface area contributed by atoms with Crippen molar-refractivity contribution in [2.45, 2.75) is 406 Å². The van der Waals surface area contributed by atoms with Crippen LogP contribution >= 0.6 is 15.6 Å². The number of carbonyl (C=O) groups excluding carboxylic acids is 4. The maximum absolute atomic E-state index is 13.1. The van der Waals surface area contributed by atoms with E-state index >= 15 is 0 Å². The van der Waals surface area contributed by atoms with Gasteiger partial charge in [-0.2, -0.15) is 0 Å². The molecule has 17 nitrogen and oxygen atoms in total. The van der Waals surface area contributed by atoms with E-state index in [-0.39, 0.29) is 25.7 Å². The second-order valence-corrected chi connectivity index (χ2v) is 31.3. The summed E-state index contributed by atoms with van der Waals surface area (Å²) < 4.78 is 68.7. The highest BCUT2D eigenvalue weighted by Crippen LogP contribution is 2.45. The zero-order chi connectivity index (χ0) is 76.0. The Morgan fingerprint density at radius 1 is 0.269 bits per heavy atom. The van der Waals surface area contributed by atoms with Crippen molar-refractivity contribution in [2.24, 2.45) is 0 Å². The number of rotatable bonds is 80. The number of carbonyl (C=O) groups is 4. The summed E-state index contributed by atoms with van der Waals surface area (Å²) in [5.74, 6) is -2.22. The van der Waals surface area contributed by atoms with Gasteiger partial charge in [-0.05, 0) is 116 Å². The molecular formula is C85H154O17P2. The van der Waals surface area contributed by atoms with E-state index in [0.29, 0.717) is 32.1 Å². The molecule has 0 bridgehead atoms. The zero-order valence-corrected chi connectivity index (χ0v) is 68.2. The normalized spacial score (nSPS) is 14.2. The number of hydrogen-bond donors (Lipinski definition) is 3. The summed E-state index contributed by atoms with van der Waals surface area (Å²) in [5.41, 5.74) is 0. The van der Waals surface area contributed by atoms with Crippen LogP contribution in [0.25, 0.3) is 0 Å². The number of esters is 4. The SMILES string of the molecule is CCCCC/C=C\C/C=C\C/C=C\C/C=C\CCCC(=O)OC[C@H](COP(=O)(O)OC[C@H](O)COP(=O)(O)OC[C@@H](COC(=O)CCCCCCC/C=C\CCCCCCCC)OC(=O)CCCCCCC/C=C\CCCCCCCC)OC(=O)CCCCCCCCCCCCCCCCCCC. The van der Waals surface area contributed by atoms with Gasteiger partial charge in [-0.25, -0.2) is 9.13 Å². The third-order valence-electron chi connectivity index (χ3n) is 18.1. The molecule has 0 aliphatic carbocycles. The van der Waals surface area contributed by atoms with E-state index in [0.717, 1.165) is 128 Å². The van der Waals surface area contributed by atoms with Gasteiger partial charge in [0.05, 0.1) is 26.4 Å². The van der Waals surface area contributed by atoms with Crippen molar-refractivity contribution in [3.8, 4) is 0 Å². The molecule has 0 radical (unpaired) electrons. The van der Waals surface area contributed by atoms with Crippen molar-refractivity contribution in [1.29, 1.82) is 0 Å². The molecule has 0 spiro atoms. The van der Waals surface area contributed by atoms with Gasteiger partial charge in [0.1, 0.15) is 19.3 Å². The van der Waals surface area contributed by atoms with Gasteiger partial charge < -0.3 is 33.8 Å². The average Bonchev–Trinajstić information content (AvgIpc) is 0.926. The Hall–Kier alpha value is -3.50. The molecule has 0 saturated heterocycles. The quantitative estimate of drug-likeness (QED) is 0.0169. The maximum atomic E-state index is 13.1. The number of ether oxygens (including phenoxy) is 4. The number of phosphoric acid groups is 2. The maximum Gasteiger partial charge on any atom is 0.472 e. The highest BCUT2D eigenvalue weighted by Gasteiger charge is 2.30. The Morgan fingerprint density at radius 2 is 0.481 bits per heavy atom. The molecule has 0 amide bonds. The summed E-state index contributed by atoms with van der Waals surface area (Å²) in [6.45, 7) is 4.85. The third-order valence-corrected chi connectivity index (χ3v) is 20.0. The predicted molar refractivity (Wildman–Crippen MR) is 427 cm³/mol. The van der Waals surface area contributed by atoms with Crippen LogP contribution in [0.4, 0.5) is 0 Å². The molecule has 0 saturated carbocycles. The molecule has 0 fully saturated rings. The first-order valence-corrected chi connectivity index (χ1v) is 45.2. The van der Waals surface area contributed by atoms with Crippen LogP contribution in [0.5, 0.6) is 0 Å². The lowest BCUT2D eigenvalue weighted by Gasteiger charge is -2.21. The Morgan fingerprint density at radius 3 is 0.788 bits per heavy atom. The van der Waals surface area contributed by atoms with E-state index < -0.39 is 97.5 Å². The van der Waals surface area contributed by atoms with Gasteiger partial charge >= 0.3 is 39.5 Å². The Labute approximate surface area is 634 Å². The Balaban J connectivity index is 5.39. The topological polar surface area (TPSA) is 237 Å². The summed E-state index contributed by atoms with van der Waals surface area (Å²) in [7, 11) is -9.97. The van der Waals surface area contributed by atoms with Gasteiger partial charge in [-0.15, -0.1) is 0 Å². The number of aliphatic hydroxyl groups excluding tert-OH is 1. The summed E-state index contributed by atoms with van der Waals surface area (Å²) in [5, 5.41) is 10.7. The molecule has 0 aromatic heterocycles. The van der Waals surface area contributed by atoms with Crippen LogP contribution in [0, 0.1) is 0 Å². The number of hydrogen-bond acceptors (Lipinski definition) is 15.